The number of rotatable bonds is 6. The summed E-state index contributed by atoms with van der Waals surface area (Å²) in [4.78, 5) is 16.7. The fourth-order valence-corrected chi connectivity index (χ4v) is 4.32. The van der Waals surface area contributed by atoms with Crippen LogP contribution in [0.5, 0.6) is 5.88 Å². The molecule has 0 saturated carbocycles. The van der Waals surface area contributed by atoms with Gasteiger partial charge in [-0.05, 0) is 56.2 Å². The van der Waals surface area contributed by atoms with Crippen molar-refractivity contribution < 1.29 is 17.9 Å². The highest BCUT2D eigenvalue weighted by molar-refractivity contribution is 7.89. The lowest BCUT2D eigenvalue weighted by molar-refractivity contribution is 0.102. The number of pyridine rings is 1. The largest absolute Gasteiger partial charge is 0.477 e. The van der Waals surface area contributed by atoms with E-state index in [0.717, 1.165) is 12.8 Å². The van der Waals surface area contributed by atoms with Crippen molar-refractivity contribution >= 4 is 21.6 Å². The first-order valence-corrected chi connectivity index (χ1v) is 9.96. The molecule has 0 aliphatic carbocycles. The molecule has 2 aromatic rings. The second kappa shape index (κ2) is 7.84. The number of carbonyl (C=O) groups excluding carboxylic acids is 1. The van der Waals surface area contributed by atoms with Crippen LogP contribution in [0, 0.1) is 0 Å². The van der Waals surface area contributed by atoms with Gasteiger partial charge >= 0.3 is 0 Å². The van der Waals surface area contributed by atoms with Gasteiger partial charge in [-0.15, -0.1) is 0 Å². The molecule has 0 radical (unpaired) electrons. The number of hydrogen-bond donors (Lipinski definition) is 1. The van der Waals surface area contributed by atoms with Gasteiger partial charge < -0.3 is 10.1 Å². The molecule has 3 rings (SSSR count). The van der Waals surface area contributed by atoms with Crippen LogP contribution in [-0.2, 0) is 10.0 Å². The zero-order valence-electron chi connectivity index (χ0n) is 14.5. The number of ether oxygens (including phenoxy) is 1. The number of anilines is 1. The van der Waals surface area contributed by atoms with E-state index in [4.69, 9.17) is 4.74 Å². The topological polar surface area (TPSA) is 88.6 Å². The monoisotopic (exact) mass is 375 g/mol. The van der Waals surface area contributed by atoms with Gasteiger partial charge in [0.2, 0.25) is 15.9 Å². The third-order valence-corrected chi connectivity index (χ3v) is 6.02. The van der Waals surface area contributed by atoms with E-state index in [1.807, 2.05) is 6.92 Å². The normalized spacial score (nSPS) is 15.0. The third kappa shape index (κ3) is 3.86. The fourth-order valence-electron chi connectivity index (χ4n) is 2.80. The molecule has 1 amide bonds. The van der Waals surface area contributed by atoms with Gasteiger partial charge in [0.05, 0.1) is 11.5 Å². The van der Waals surface area contributed by atoms with Gasteiger partial charge in [-0.1, -0.05) is 0 Å². The van der Waals surface area contributed by atoms with Crippen LogP contribution in [-0.4, -0.2) is 43.3 Å². The molecule has 0 unspecified atom stereocenters. The van der Waals surface area contributed by atoms with E-state index >= 15 is 0 Å². The first kappa shape index (κ1) is 18.3. The maximum Gasteiger partial charge on any atom is 0.261 e. The Bertz CT molecular complexity index is 876. The average molecular weight is 375 g/mol. The standard InChI is InChI=1S/C18H21N3O4S/c1-2-25-18-16(6-5-11-19-18)17(22)20-14-7-9-15(10-8-14)26(23,24)21-12-3-4-13-21/h5-11H,2-4,12-13H2,1H3,(H,20,22). The van der Waals surface area contributed by atoms with E-state index in [1.165, 1.54) is 16.4 Å². The summed E-state index contributed by atoms with van der Waals surface area (Å²) < 4.78 is 31.9. The lowest BCUT2D eigenvalue weighted by atomic mass is 10.2. The van der Waals surface area contributed by atoms with E-state index in [0.29, 0.717) is 30.9 Å². The molecule has 8 heteroatoms. The van der Waals surface area contributed by atoms with E-state index in [-0.39, 0.29) is 16.7 Å². The second-order valence-corrected chi connectivity index (χ2v) is 7.82. The SMILES string of the molecule is CCOc1ncccc1C(=O)Nc1ccc(S(=O)(=O)N2CCCC2)cc1. The van der Waals surface area contributed by atoms with Crippen molar-refractivity contribution in [1.82, 2.24) is 9.29 Å². The van der Waals surface area contributed by atoms with Crippen LogP contribution in [0.15, 0.2) is 47.5 Å². The first-order valence-electron chi connectivity index (χ1n) is 8.52. The summed E-state index contributed by atoms with van der Waals surface area (Å²) in [6, 6.07) is 9.46. The smallest absolute Gasteiger partial charge is 0.261 e. The Hall–Kier alpha value is -2.45. The van der Waals surface area contributed by atoms with Crippen LogP contribution in [0.3, 0.4) is 0 Å². The summed E-state index contributed by atoms with van der Waals surface area (Å²) in [6.07, 6.45) is 3.33. The van der Waals surface area contributed by atoms with E-state index in [1.54, 1.807) is 30.5 Å². The lowest BCUT2D eigenvalue weighted by Crippen LogP contribution is -2.27. The summed E-state index contributed by atoms with van der Waals surface area (Å²) in [5.74, 6) is -0.0996. The molecule has 0 spiro atoms. The Kier molecular flexibility index (Phi) is 5.53. The summed E-state index contributed by atoms with van der Waals surface area (Å²) in [6.45, 7) is 3.33. The van der Waals surface area contributed by atoms with Gasteiger partial charge in [0.1, 0.15) is 5.56 Å². The van der Waals surface area contributed by atoms with Gasteiger partial charge in [-0.2, -0.15) is 4.31 Å². The Morgan fingerprint density at radius 2 is 1.88 bits per heavy atom. The molecule has 138 valence electrons. The summed E-state index contributed by atoms with van der Waals surface area (Å²) >= 11 is 0. The Labute approximate surface area is 153 Å². The molecule has 1 fully saturated rings. The number of amides is 1. The summed E-state index contributed by atoms with van der Waals surface area (Å²) in [5.41, 5.74) is 0.824. The summed E-state index contributed by atoms with van der Waals surface area (Å²) in [7, 11) is -3.46. The minimum Gasteiger partial charge on any atom is -0.477 e. The maximum atomic E-state index is 12.5. The molecular formula is C18H21N3O4S. The maximum absolute atomic E-state index is 12.5. The van der Waals surface area contributed by atoms with Crippen molar-refractivity contribution in [3.05, 3.63) is 48.2 Å². The van der Waals surface area contributed by atoms with E-state index in [9.17, 15) is 13.2 Å². The number of hydrogen-bond acceptors (Lipinski definition) is 5. The molecular weight excluding hydrogens is 354 g/mol. The number of nitrogens with zero attached hydrogens (tertiary/aromatic N) is 2. The predicted molar refractivity (Wildman–Crippen MR) is 97.8 cm³/mol. The third-order valence-electron chi connectivity index (χ3n) is 4.11. The van der Waals surface area contributed by atoms with Gasteiger partial charge in [-0.25, -0.2) is 13.4 Å². The Morgan fingerprint density at radius 3 is 2.54 bits per heavy atom. The molecule has 7 nitrogen and oxygen atoms in total. The molecule has 1 N–H and O–H groups in total. The second-order valence-electron chi connectivity index (χ2n) is 5.88. The van der Waals surface area contributed by atoms with Crippen molar-refractivity contribution in [3.63, 3.8) is 0 Å². The van der Waals surface area contributed by atoms with Crippen LogP contribution < -0.4 is 10.1 Å². The number of aromatic nitrogens is 1. The quantitative estimate of drug-likeness (QED) is 0.838. The minimum atomic E-state index is -3.46. The van der Waals surface area contributed by atoms with Gasteiger partial charge in [0, 0.05) is 25.0 Å². The highest BCUT2D eigenvalue weighted by Gasteiger charge is 2.27. The zero-order valence-corrected chi connectivity index (χ0v) is 15.3. The van der Waals surface area contributed by atoms with Crippen molar-refractivity contribution in [3.8, 4) is 5.88 Å². The molecule has 26 heavy (non-hydrogen) atoms. The average Bonchev–Trinajstić information content (AvgIpc) is 3.18. The van der Waals surface area contributed by atoms with Gasteiger partial charge in [0.25, 0.3) is 5.91 Å². The predicted octanol–water partition coefficient (Wildman–Crippen LogP) is 2.52. The molecule has 0 atom stereocenters. The van der Waals surface area contributed by atoms with Crippen molar-refractivity contribution in [2.45, 2.75) is 24.7 Å². The Balaban J connectivity index is 1.74. The van der Waals surface area contributed by atoms with E-state index < -0.39 is 10.0 Å². The highest BCUT2D eigenvalue weighted by Crippen LogP contribution is 2.23. The van der Waals surface area contributed by atoms with E-state index in [2.05, 4.69) is 10.3 Å². The lowest BCUT2D eigenvalue weighted by Gasteiger charge is -2.15. The van der Waals surface area contributed by atoms with Crippen LogP contribution in [0.1, 0.15) is 30.1 Å². The van der Waals surface area contributed by atoms with Crippen LogP contribution in [0.25, 0.3) is 0 Å². The molecule has 1 saturated heterocycles. The van der Waals surface area contributed by atoms with Crippen LogP contribution >= 0.6 is 0 Å². The van der Waals surface area contributed by atoms with Crippen molar-refractivity contribution in [2.75, 3.05) is 25.0 Å². The fraction of sp³-hybridized carbons (Fsp3) is 0.333. The number of nitrogens with one attached hydrogen (secondary N) is 1. The molecule has 0 bridgehead atoms. The molecule has 1 aliphatic heterocycles. The number of benzene rings is 1. The van der Waals surface area contributed by atoms with Crippen LogP contribution in [0.2, 0.25) is 0 Å². The van der Waals surface area contributed by atoms with Crippen molar-refractivity contribution in [1.29, 1.82) is 0 Å². The molecule has 1 aliphatic rings. The molecule has 2 heterocycles. The van der Waals surface area contributed by atoms with Crippen LogP contribution in [0.4, 0.5) is 5.69 Å². The van der Waals surface area contributed by atoms with Gasteiger partial charge in [-0.3, -0.25) is 4.79 Å². The number of sulfonamides is 1. The zero-order chi connectivity index (χ0) is 18.6. The minimum absolute atomic E-state index is 0.230. The molecule has 1 aromatic heterocycles. The highest BCUT2D eigenvalue weighted by atomic mass is 32.2. The van der Waals surface area contributed by atoms with Gasteiger partial charge in [0.15, 0.2) is 0 Å². The first-order chi connectivity index (χ1) is 12.5. The Morgan fingerprint density at radius 1 is 1.19 bits per heavy atom. The summed E-state index contributed by atoms with van der Waals surface area (Å²) in [5, 5.41) is 2.74. The number of carbonyl (C=O) groups is 1. The molecule has 1 aromatic carbocycles. The van der Waals surface area contributed by atoms with Crippen molar-refractivity contribution in [2.24, 2.45) is 0 Å².